The van der Waals surface area contributed by atoms with Crippen LogP contribution in [-0.4, -0.2) is 15.0 Å². The van der Waals surface area contributed by atoms with Crippen LogP contribution in [-0.2, 0) is 11.7 Å². The molecule has 33 heavy (non-hydrogen) atoms. The number of halogens is 4. The Morgan fingerprint density at radius 2 is 1.73 bits per heavy atom. The van der Waals surface area contributed by atoms with E-state index in [1.54, 1.807) is 30.6 Å². The van der Waals surface area contributed by atoms with Gasteiger partial charge in [0.25, 0.3) is 0 Å². The number of nitrogens with two attached hydrogens (primary N) is 1. The lowest BCUT2D eigenvalue weighted by Crippen LogP contribution is -2.42. The Hall–Kier alpha value is -3.33. The maximum atomic E-state index is 13.5. The van der Waals surface area contributed by atoms with E-state index >= 15 is 0 Å². The first-order valence-electron chi connectivity index (χ1n) is 10.0. The number of alkyl halides is 3. The molecule has 3 aromatic heterocycles. The van der Waals surface area contributed by atoms with Gasteiger partial charge in [0.15, 0.2) is 0 Å². The summed E-state index contributed by atoms with van der Waals surface area (Å²) in [6.45, 7) is 0. The van der Waals surface area contributed by atoms with Crippen molar-refractivity contribution < 1.29 is 13.2 Å². The average Bonchev–Trinajstić information content (AvgIpc) is 3.12. The molecule has 1 aromatic carbocycles. The molecule has 0 saturated carbocycles. The minimum absolute atomic E-state index is 0.355. The molecule has 0 amide bonds. The van der Waals surface area contributed by atoms with E-state index in [1.165, 1.54) is 6.20 Å². The summed E-state index contributed by atoms with van der Waals surface area (Å²) in [5, 5.41) is 3.79. The lowest BCUT2D eigenvalue weighted by atomic mass is 9.78. The maximum absolute atomic E-state index is 13.5. The van der Waals surface area contributed by atoms with E-state index < -0.39 is 23.6 Å². The molecule has 1 aliphatic heterocycles. The summed E-state index contributed by atoms with van der Waals surface area (Å²) in [6, 6.07) is 15.4. The van der Waals surface area contributed by atoms with Crippen LogP contribution >= 0.6 is 11.6 Å². The monoisotopic (exact) mass is 467 g/mol. The van der Waals surface area contributed by atoms with Gasteiger partial charge < -0.3 is 5.73 Å². The standard InChI is InChI=1S/C24H17ClF3N5/c25-18-10-15(12-30-13-18)14-3-1-4-16(9-14)23(17-6-8-31-20(11-17)24(26,27)28)19-5-2-7-32-21(19)22(29)33-23/h1-13,22,33H,29H2. The van der Waals surface area contributed by atoms with Crippen molar-refractivity contribution >= 4 is 11.6 Å². The number of fused-ring (bicyclic) bond motifs is 1. The van der Waals surface area contributed by atoms with Crippen LogP contribution in [0.5, 0.6) is 0 Å². The zero-order valence-electron chi connectivity index (χ0n) is 17.0. The topological polar surface area (TPSA) is 76.7 Å². The van der Waals surface area contributed by atoms with Crippen LogP contribution in [0.2, 0.25) is 5.02 Å². The van der Waals surface area contributed by atoms with Crippen LogP contribution in [0, 0.1) is 0 Å². The number of aromatic nitrogens is 3. The third-order valence-corrected chi connectivity index (χ3v) is 5.93. The van der Waals surface area contributed by atoms with Crippen molar-refractivity contribution in [3.63, 3.8) is 0 Å². The molecule has 0 aliphatic carbocycles. The van der Waals surface area contributed by atoms with E-state index in [-0.39, 0.29) is 0 Å². The van der Waals surface area contributed by atoms with Crippen molar-refractivity contribution in [1.29, 1.82) is 0 Å². The fraction of sp³-hybridized carbons (Fsp3) is 0.125. The molecule has 9 heteroatoms. The van der Waals surface area contributed by atoms with Crippen LogP contribution in [0.25, 0.3) is 11.1 Å². The maximum Gasteiger partial charge on any atom is 0.433 e. The van der Waals surface area contributed by atoms with Crippen LogP contribution < -0.4 is 11.1 Å². The Morgan fingerprint density at radius 1 is 0.909 bits per heavy atom. The molecule has 0 saturated heterocycles. The third kappa shape index (κ3) is 3.66. The van der Waals surface area contributed by atoms with Crippen LogP contribution in [0.15, 0.2) is 79.4 Å². The molecule has 5 rings (SSSR count). The van der Waals surface area contributed by atoms with E-state index in [0.29, 0.717) is 27.4 Å². The highest BCUT2D eigenvalue weighted by Crippen LogP contribution is 2.46. The quantitative estimate of drug-likeness (QED) is 0.440. The van der Waals surface area contributed by atoms with E-state index in [9.17, 15) is 13.2 Å². The van der Waals surface area contributed by atoms with Gasteiger partial charge in [0.05, 0.1) is 16.3 Å². The first kappa shape index (κ1) is 21.5. The first-order valence-corrected chi connectivity index (χ1v) is 10.4. The van der Waals surface area contributed by atoms with E-state index in [4.69, 9.17) is 17.3 Å². The second kappa shape index (κ2) is 7.91. The first-order chi connectivity index (χ1) is 15.8. The largest absolute Gasteiger partial charge is 0.433 e. The zero-order valence-corrected chi connectivity index (χ0v) is 17.8. The summed E-state index contributed by atoms with van der Waals surface area (Å²) in [6.07, 6.45) is 0.704. The molecule has 0 spiro atoms. The number of nitrogens with zero attached hydrogens (tertiary/aromatic N) is 3. The Balaban J connectivity index is 1.77. The number of pyridine rings is 3. The molecule has 0 fully saturated rings. The predicted molar refractivity (Wildman–Crippen MR) is 118 cm³/mol. The molecule has 4 aromatic rings. The van der Waals surface area contributed by atoms with Crippen molar-refractivity contribution in [1.82, 2.24) is 20.3 Å². The molecule has 5 nitrogen and oxygen atoms in total. The van der Waals surface area contributed by atoms with Gasteiger partial charge >= 0.3 is 6.18 Å². The molecular formula is C24H17ClF3N5. The van der Waals surface area contributed by atoms with Gasteiger partial charge in [-0.05, 0) is 47.0 Å². The van der Waals surface area contributed by atoms with Gasteiger partial charge in [-0.15, -0.1) is 0 Å². The van der Waals surface area contributed by atoms with Crippen LogP contribution in [0.3, 0.4) is 0 Å². The number of hydrogen-bond acceptors (Lipinski definition) is 5. The number of nitrogens with one attached hydrogen (secondary N) is 1. The van der Waals surface area contributed by atoms with Crippen molar-refractivity contribution in [3.8, 4) is 11.1 Å². The summed E-state index contributed by atoms with van der Waals surface area (Å²) in [5.41, 5.74) is 8.07. The molecule has 4 heterocycles. The van der Waals surface area contributed by atoms with Gasteiger partial charge in [-0.2, -0.15) is 13.2 Å². The van der Waals surface area contributed by atoms with E-state index in [0.717, 1.165) is 23.4 Å². The van der Waals surface area contributed by atoms with Gasteiger partial charge in [0, 0.05) is 35.9 Å². The smallest absolute Gasteiger partial charge is 0.311 e. The molecular weight excluding hydrogens is 451 g/mol. The van der Waals surface area contributed by atoms with Gasteiger partial charge in [-0.3, -0.25) is 20.3 Å². The number of rotatable bonds is 3. The van der Waals surface area contributed by atoms with Crippen molar-refractivity contribution in [2.24, 2.45) is 5.73 Å². The van der Waals surface area contributed by atoms with Gasteiger partial charge in [0.2, 0.25) is 0 Å². The molecule has 3 N–H and O–H groups in total. The van der Waals surface area contributed by atoms with E-state index in [1.807, 2.05) is 30.3 Å². The second-order valence-corrected chi connectivity index (χ2v) is 8.14. The number of benzene rings is 1. The van der Waals surface area contributed by atoms with Crippen LogP contribution in [0.1, 0.15) is 34.2 Å². The average molecular weight is 468 g/mol. The lowest BCUT2D eigenvalue weighted by Gasteiger charge is -2.33. The molecule has 0 bridgehead atoms. The Labute approximate surface area is 192 Å². The fourth-order valence-corrected chi connectivity index (χ4v) is 4.50. The highest BCUT2D eigenvalue weighted by Gasteiger charge is 2.47. The van der Waals surface area contributed by atoms with Gasteiger partial charge in [-0.1, -0.05) is 35.9 Å². The summed E-state index contributed by atoms with van der Waals surface area (Å²) >= 11 is 6.12. The van der Waals surface area contributed by atoms with Crippen molar-refractivity contribution in [2.75, 3.05) is 0 Å². The summed E-state index contributed by atoms with van der Waals surface area (Å²) in [7, 11) is 0. The normalized spacial score (nSPS) is 20.0. The number of hydrogen-bond donors (Lipinski definition) is 2. The second-order valence-electron chi connectivity index (χ2n) is 7.71. The summed E-state index contributed by atoms with van der Waals surface area (Å²) in [5.74, 6) is 0. The third-order valence-electron chi connectivity index (χ3n) is 5.73. The Bertz CT molecular complexity index is 1340. The van der Waals surface area contributed by atoms with Gasteiger partial charge in [0.1, 0.15) is 11.9 Å². The summed E-state index contributed by atoms with van der Waals surface area (Å²) in [4.78, 5) is 12.1. The summed E-state index contributed by atoms with van der Waals surface area (Å²) < 4.78 is 40.6. The minimum atomic E-state index is -4.59. The zero-order chi connectivity index (χ0) is 23.2. The molecule has 2 atom stereocenters. The highest BCUT2D eigenvalue weighted by molar-refractivity contribution is 6.30. The Morgan fingerprint density at radius 3 is 2.52 bits per heavy atom. The van der Waals surface area contributed by atoms with Gasteiger partial charge in [-0.25, -0.2) is 0 Å². The van der Waals surface area contributed by atoms with E-state index in [2.05, 4.69) is 20.3 Å². The predicted octanol–water partition coefficient (Wildman–Crippen LogP) is 5.06. The highest BCUT2D eigenvalue weighted by atomic mass is 35.5. The minimum Gasteiger partial charge on any atom is -0.311 e. The van der Waals surface area contributed by atoms with Crippen LogP contribution in [0.4, 0.5) is 13.2 Å². The lowest BCUT2D eigenvalue weighted by molar-refractivity contribution is -0.141. The SMILES string of the molecule is NC1NC(c2cccc(-c3cncc(Cl)c3)c2)(c2ccnc(C(F)(F)F)c2)c2cccnc21. The fourth-order valence-electron chi connectivity index (χ4n) is 4.33. The van der Waals surface area contributed by atoms with Crippen molar-refractivity contribution in [2.45, 2.75) is 17.9 Å². The Kier molecular flexibility index (Phi) is 5.16. The molecule has 166 valence electrons. The van der Waals surface area contributed by atoms with Crippen molar-refractivity contribution in [3.05, 3.63) is 112 Å². The molecule has 1 aliphatic rings. The molecule has 2 unspecified atom stereocenters. The molecule has 0 radical (unpaired) electrons.